The molecule has 0 unspecified atom stereocenters. The summed E-state index contributed by atoms with van der Waals surface area (Å²) in [6.45, 7) is 1.53. The molecule has 0 aliphatic rings. The van der Waals surface area contributed by atoms with Gasteiger partial charge >= 0.3 is 12.4 Å². The minimum absolute atomic E-state index is 0.0211. The summed E-state index contributed by atoms with van der Waals surface area (Å²) in [5, 5.41) is -2.90. The average molecular weight is 314 g/mol. The highest BCUT2D eigenvalue weighted by Gasteiger charge is 2.81. The van der Waals surface area contributed by atoms with Crippen LogP contribution in [0.1, 0.15) is 20.8 Å². The monoisotopic (exact) mass is 314 g/mol. The number of hydrogen-bond acceptors (Lipinski definition) is 3. The Morgan fingerprint density at radius 3 is 1.16 bits per heavy atom. The van der Waals surface area contributed by atoms with Crippen LogP contribution in [0.2, 0.25) is 0 Å². The van der Waals surface area contributed by atoms with Crippen molar-refractivity contribution in [3.05, 3.63) is 0 Å². The molecule has 0 aliphatic carbocycles. The van der Waals surface area contributed by atoms with Crippen LogP contribution in [0.3, 0.4) is 0 Å². The number of sulfone groups is 1. The zero-order chi connectivity index (χ0) is 16.1. The number of hydrogen-bond donors (Lipinski definition) is 0. The minimum atomic E-state index is -6.09. The lowest BCUT2D eigenvalue weighted by Crippen LogP contribution is -2.64. The fourth-order valence-electron chi connectivity index (χ4n) is 1.83. The second-order valence-corrected chi connectivity index (χ2v) is 6.97. The molecule has 0 N–H and O–H groups in total. The maximum atomic E-state index is 12.9. The van der Waals surface area contributed by atoms with E-state index in [1.54, 1.807) is 0 Å². The van der Waals surface area contributed by atoms with Gasteiger partial charge in [0.25, 0.3) is 5.12 Å². The first-order chi connectivity index (χ1) is 7.90. The standard InChI is InChI=1S/C9H12F6O3S/c1-6(2,3)7(8(10,11)12,9(13,14)15)5(16)19(4,17)18/h1-4H3. The highest BCUT2D eigenvalue weighted by atomic mass is 32.2. The molecule has 0 saturated heterocycles. The molecule has 114 valence electrons. The lowest BCUT2D eigenvalue weighted by molar-refractivity contribution is -0.349. The van der Waals surface area contributed by atoms with Crippen LogP contribution in [-0.4, -0.2) is 32.1 Å². The fourth-order valence-corrected chi connectivity index (χ4v) is 2.92. The quantitative estimate of drug-likeness (QED) is 0.699. The predicted molar refractivity (Wildman–Crippen MR) is 53.8 cm³/mol. The molecule has 0 amide bonds. The molecule has 0 heterocycles. The van der Waals surface area contributed by atoms with Gasteiger partial charge < -0.3 is 0 Å². The molecule has 0 fully saturated rings. The van der Waals surface area contributed by atoms with Gasteiger partial charge in [0.2, 0.25) is 15.3 Å². The third kappa shape index (κ3) is 2.72. The lowest BCUT2D eigenvalue weighted by Gasteiger charge is -2.44. The van der Waals surface area contributed by atoms with Crippen LogP contribution in [0.15, 0.2) is 0 Å². The molecule has 0 atom stereocenters. The van der Waals surface area contributed by atoms with Crippen molar-refractivity contribution in [3.8, 4) is 0 Å². The largest absolute Gasteiger partial charge is 0.411 e. The molecule has 0 aromatic rings. The van der Waals surface area contributed by atoms with E-state index in [1.807, 2.05) is 0 Å². The third-order valence-corrected chi connectivity index (χ3v) is 3.60. The Labute approximate surface area is 105 Å². The molecule has 0 aromatic carbocycles. The van der Waals surface area contributed by atoms with E-state index in [1.165, 1.54) is 0 Å². The summed E-state index contributed by atoms with van der Waals surface area (Å²) in [5.74, 6) is 0. The maximum absolute atomic E-state index is 12.9. The highest BCUT2D eigenvalue weighted by Crippen LogP contribution is 2.61. The Kier molecular flexibility index (Phi) is 4.17. The zero-order valence-corrected chi connectivity index (χ0v) is 11.2. The lowest BCUT2D eigenvalue weighted by atomic mass is 9.66. The average Bonchev–Trinajstić information content (AvgIpc) is 1.92. The molecular formula is C9H12F6O3S. The van der Waals surface area contributed by atoms with Gasteiger partial charge in [-0.2, -0.15) is 26.3 Å². The summed E-state index contributed by atoms with van der Waals surface area (Å²) in [6.07, 6.45) is -12.2. The number of rotatable bonds is 1. The predicted octanol–water partition coefficient (Wildman–Crippen LogP) is 2.71. The molecule has 10 heteroatoms. The Bertz CT molecular complexity index is 430. The van der Waals surface area contributed by atoms with Crippen LogP contribution in [0.4, 0.5) is 26.3 Å². The van der Waals surface area contributed by atoms with E-state index < -0.39 is 38.1 Å². The van der Waals surface area contributed by atoms with Gasteiger partial charge in [0.15, 0.2) is 0 Å². The summed E-state index contributed by atoms with van der Waals surface area (Å²) in [5.41, 5.74) is -7.69. The van der Waals surface area contributed by atoms with Gasteiger partial charge in [0.1, 0.15) is 0 Å². The van der Waals surface area contributed by atoms with Crippen LogP contribution in [0, 0.1) is 10.8 Å². The van der Waals surface area contributed by atoms with Crippen molar-refractivity contribution >= 4 is 15.0 Å². The molecule has 0 bridgehead atoms. The molecule has 19 heavy (non-hydrogen) atoms. The summed E-state index contributed by atoms with van der Waals surface area (Å²) in [7, 11) is -5.19. The van der Waals surface area contributed by atoms with Gasteiger partial charge in [-0.1, -0.05) is 20.8 Å². The van der Waals surface area contributed by atoms with Crippen LogP contribution in [0.25, 0.3) is 0 Å². The van der Waals surface area contributed by atoms with Crippen molar-refractivity contribution in [2.45, 2.75) is 33.1 Å². The van der Waals surface area contributed by atoms with Crippen LogP contribution in [0.5, 0.6) is 0 Å². The van der Waals surface area contributed by atoms with E-state index in [2.05, 4.69) is 0 Å². The number of alkyl halides is 6. The number of carbonyl (C=O) groups is 1. The van der Waals surface area contributed by atoms with Gasteiger partial charge in [0.05, 0.1) is 0 Å². The van der Waals surface area contributed by atoms with Crippen LogP contribution < -0.4 is 0 Å². The van der Waals surface area contributed by atoms with Gasteiger partial charge in [-0.15, -0.1) is 0 Å². The third-order valence-electron chi connectivity index (χ3n) is 2.62. The van der Waals surface area contributed by atoms with Gasteiger partial charge in [-0.05, 0) is 5.41 Å². The molecular weight excluding hydrogens is 302 g/mol. The Morgan fingerprint density at radius 1 is 0.842 bits per heavy atom. The first-order valence-corrected chi connectivity index (χ1v) is 6.68. The normalized spacial score (nSPS) is 15.5. The van der Waals surface area contributed by atoms with E-state index in [0.29, 0.717) is 20.8 Å². The second-order valence-electron chi connectivity index (χ2n) is 5.06. The smallest absolute Gasteiger partial charge is 0.280 e. The Balaban J connectivity index is 6.73. The van der Waals surface area contributed by atoms with Crippen molar-refractivity contribution in [1.82, 2.24) is 0 Å². The van der Waals surface area contributed by atoms with E-state index >= 15 is 0 Å². The molecule has 0 spiro atoms. The van der Waals surface area contributed by atoms with Crippen molar-refractivity contribution in [1.29, 1.82) is 0 Å². The van der Waals surface area contributed by atoms with E-state index in [9.17, 15) is 39.6 Å². The molecule has 0 rings (SSSR count). The second kappa shape index (κ2) is 4.35. The Morgan fingerprint density at radius 2 is 1.11 bits per heavy atom. The van der Waals surface area contributed by atoms with Crippen molar-refractivity contribution in [2.24, 2.45) is 10.8 Å². The summed E-state index contributed by atoms with van der Waals surface area (Å²) in [6, 6.07) is 0. The Hall–Kier alpha value is -0.800. The maximum Gasteiger partial charge on any atom is 0.411 e. The SMILES string of the molecule is CC(C)(C)C(C(=O)S(C)(=O)=O)(C(F)(F)F)C(F)(F)F. The van der Waals surface area contributed by atoms with Crippen LogP contribution in [-0.2, 0) is 14.6 Å². The first-order valence-electron chi connectivity index (χ1n) is 4.78. The van der Waals surface area contributed by atoms with Crippen molar-refractivity contribution < 1.29 is 39.6 Å². The minimum Gasteiger partial charge on any atom is -0.280 e. The number of carbonyl (C=O) groups excluding carboxylic acids is 1. The molecule has 3 nitrogen and oxygen atoms in total. The van der Waals surface area contributed by atoms with E-state index in [-0.39, 0.29) is 6.26 Å². The molecule has 0 aliphatic heterocycles. The molecule has 0 aromatic heterocycles. The van der Waals surface area contributed by atoms with Gasteiger partial charge in [0, 0.05) is 6.26 Å². The van der Waals surface area contributed by atoms with Gasteiger partial charge in [-0.3, -0.25) is 4.79 Å². The van der Waals surface area contributed by atoms with Crippen molar-refractivity contribution in [3.63, 3.8) is 0 Å². The summed E-state index contributed by atoms with van der Waals surface area (Å²) in [4.78, 5) is 11.4. The van der Waals surface area contributed by atoms with Crippen molar-refractivity contribution in [2.75, 3.05) is 6.26 Å². The van der Waals surface area contributed by atoms with Crippen LogP contribution >= 0.6 is 0 Å². The zero-order valence-electron chi connectivity index (χ0n) is 10.4. The topological polar surface area (TPSA) is 51.2 Å². The molecule has 0 saturated carbocycles. The first kappa shape index (κ1) is 18.2. The van der Waals surface area contributed by atoms with E-state index in [0.717, 1.165) is 0 Å². The molecule has 0 radical (unpaired) electrons. The summed E-state index contributed by atoms with van der Waals surface area (Å²) >= 11 is 0. The highest BCUT2D eigenvalue weighted by molar-refractivity contribution is 8.05. The fraction of sp³-hybridized carbons (Fsp3) is 0.889. The number of halogens is 6. The summed E-state index contributed by atoms with van der Waals surface area (Å²) < 4.78 is 99.6. The van der Waals surface area contributed by atoms with Gasteiger partial charge in [-0.25, -0.2) is 8.42 Å². The van der Waals surface area contributed by atoms with E-state index in [4.69, 9.17) is 0 Å².